The molecule has 3 heterocycles. The summed E-state index contributed by atoms with van der Waals surface area (Å²) in [5, 5.41) is 53.5. The Morgan fingerprint density at radius 2 is 0.972 bits per heavy atom. The molecule has 3 aliphatic heterocycles. The van der Waals surface area contributed by atoms with Crippen LogP contribution in [0.3, 0.4) is 0 Å². The fourth-order valence-electron chi connectivity index (χ4n) is 15.1. The summed E-state index contributed by atoms with van der Waals surface area (Å²) in [5.74, 6) is -18.6. The van der Waals surface area contributed by atoms with Crippen LogP contribution in [0.25, 0.3) is 0 Å². The molecule has 0 spiro atoms. The number of likely N-dealkylation sites (N-methyl/N-ethyl adjacent to an activating group) is 9. The summed E-state index contributed by atoms with van der Waals surface area (Å²) in [6.07, 6.45) is -5.78. The van der Waals surface area contributed by atoms with Crippen LogP contribution < -0.4 is 15.7 Å². The number of aliphatic hydroxyl groups is 3. The molecular formula is C76H125N13O20. The molecule has 2 fully saturated rings. The van der Waals surface area contributed by atoms with E-state index in [2.05, 4.69) is 10.6 Å². The number of esters is 2. The van der Waals surface area contributed by atoms with Crippen molar-refractivity contribution in [2.24, 2.45) is 41.4 Å². The van der Waals surface area contributed by atoms with E-state index < -0.39 is 240 Å². The molecule has 4 rings (SSSR count). The number of hydroxylamine groups is 1. The minimum atomic E-state index is -2.26. The van der Waals surface area contributed by atoms with Crippen LogP contribution in [0, 0.1) is 41.4 Å². The Labute approximate surface area is 642 Å². The van der Waals surface area contributed by atoms with Crippen molar-refractivity contribution in [3.63, 3.8) is 0 Å². The summed E-state index contributed by atoms with van der Waals surface area (Å²) in [4.78, 5) is 219. The van der Waals surface area contributed by atoms with Gasteiger partial charge in [-0.25, -0.2) is 5.06 Å². The lowest BCUT2D eigenvalue weighted by molar-refractivity contribution is -0.176. The summed E-state index contributed by atoms with van der Waals surface area (Å²) < 4.78 is 11.3. The van der Waals surface area contributed by atoms with Gasteiger partial charge in [-0.2, -0.15) is 0 Å². The summed E-state index contributed by atoms with van der Waals surface area (Å²) in [6.45, 7) is 27.2. The van der Waals surface area contributed by atoms with Crippen molar-refractivity contribution in [3.05, 3.63) is 29.8 Å². The Morgan fingerprint density at radius 3 is 1.46 bits per heavy atom. The fraction of sp³-hybridized carbons (Fsp3) is 0.737. The molecule has 109 heavy (non-hydrogen) atoms. The smallest absolute Gasteiger partial charge is 0.308 e. The Bertz CT molecular complexity index is 3520. The molecule has 6 N–H and O–H groups in total. The number of carbonyl (C=O) groups excluding carboxylic acids is 14. The third kappa shape index (κ3) is 20.5. The SMILES string of the molecule is CC[C@H](C)[C@@H]1NC(=O)[C@H](C(C)C)N(C)C(=O)[C@@H]2C[C@@]3(O)c4ccccc4N(O)[C@H]3N2C(=O)CN(C)C(=O)[C@H]([C@@H](C)CC)N(C)C(=O)[C@H](C(C)C)NC(=O)C(OC(C)=O)N(C)C(=O)[C@H]([C@@H](C)C(C)OC(=O)CC(C)(C)O)N(C)C(=O)[C@H](C(C)(C)O)N(C)C(=O)CN(C)C(=O)[C@H](C(C)C)N(C)C(=O)[C@H](C(C)C)N(C)C1=O. The van der Waals surface area contributed by atoms with Crippen molar-refractivity contribution in [1.82, 2.24) is 59.6 Å². The first-order valence-corrected chi connectivity index (χ1v) is 37.4. The molecule has 16 atom stereocenters. The van der Waals surface area contributed by atoms with Crippen LogP contribution in [0.5, 0.6) is 0 Å². The zero-order valence-electron chi connectivity index (χ0n) is 69.3. The molecule has 3 aliphatic rings. The largest absolute Gasteiger partial charge is 0.462 e. The van der Waals surface area contributed by atoms with E-state index in [1.807, 2.05) is 0 Å². The van der Waals surface area contributed by atoms with Crippen molar-refractivity contribution >= 4 is 88.5 Å². The molecule has 2 unspecified atom stereocenters. The lowest BCUT2D eigenvalue weighted by atomic mass is 9.90. The number of nitrogens with zero attached hydrogens (tertiary/aromatic N) is 11. The van der Waals surface area contributed by atoms with E-state index in [4.69, 9.17) is 9.47 Å². The Morgan fingerprint density at radius 1 is 0.532 bits per heavy atom. The summed E-state index contributed by atoms with van der Waals surface area (Å²) in [7, 11) is 11.2. The topological polar surface area (TPSA) is 398 Å². The van der Waals surface area contributed by atoms with Crippen molar-refractivity contribution in [3.8, 4) is 0 Å². The predicted octanol–water partition coefficient (Wildman–Crippen LogP) is 1.44. The zero-order valence-corrected chi connectivity index (χ0v) is 69.3. The number of benzene rings is 1. The molecule has 33 nitrogen and oxygen atoms in total. The zero-order chi connectivity index (χ0) is 84.0. The second-order valence-corrected chi connectivity index (χ2v) is 32.8. The van der Waals surface area contributed by atoms with E-state index in [9.17, 15) is 39.7 Å². The lowest BCUT2D eigenvalue weighted by Crippen LogP contribution is -2.65. The van der Waals surface area contributed by atoms with Crippen LogP contribution in [0.4, 0.5) is 5.69 Å². The van der Waals surface area contributed by atoms with Gasteiger partial charge in [-0.1, -0.05) is 121 Å². The molecule has 33 heteroatoms. The van der Waals surface area contributed by atoms with Crippen molar-refractivity contribution < 1.29 is 97.1 Å². The standard InChI is InChI=1S/C76H125N13O20/c1-29-43(11)55-66(98)83(24)58(42(9)10)69(101)84(25)57(41(7)8)67(99)79(20)37-51(91)81(22)61(75(18,19)105)71(103)86(27)60(45(13)46(14)108-53(93)36-74(16,17)104)70(102)87(28)72(109-47(15)90)63(95)77-54(39(3)4)65(97)85(26)59(44(12)30-2)68(100)80(21)38-52(92)88-50(64(96)82(23)56(40(5)6)62(94)78-55)35-76(106)48-33-31-32-34-49(48)89(107)73(76)88/h31-34,39-46,50,54-61,72-73,104-107H,29-30,35-38H2,1-28H3,(H,77,95)(H,78,94)/t43-,44-,45-,46?,50-,54-,55-,56-,57-,58-,59-,60-,61+,72?,73+,76+/m0/s1. The minimum Gasteiger partial charge on any atom is -0.462 e. The Hall–Kier alpha value is -8.56. The molecule has 12 amide bonds. The second-order valence-electron chi connectivity index (χ2n) is 32.8. The first kappa shape index (κ1) is 92.8. The molecule has 2 saturated heterocycles. The van der Waals surface area contributed by atoms with Crippen molar-refractivity contribution in [1.29, 1.82) is 0 Å². The average molecular weight is 1540 g/mol. The van der Waals surface area contributed by atoms with Crippen LogP contribution >= 0.6 is 0 Å². The summed E-state index contributed by atoms with van der Waals surface area (Å²) >= 11 is 0. The molecule has 1 aromatic carbocycles. The van der Waals surface area contributed by atoms with Gasteiger partial charge >= 0.3 is 11.9 Å². The van der Waals surface area contributed by atoms with Gasteiger partial charge in [0.15, 0.2) is 6.17 Å². The van der Waals surface area contributed by atoms with Crippen LogP contribution in [0.1, 0.15) is 163 Å². The maximum Gasteiger partial charge on any atom is 0.308 e. The highest BCUT2D eigenvalue weighted by Crippen LogP contribution is 2.52. The molecule has 0 radical (unpaired) electrons. The van der Waals surface area contributed by atoms with Crippen LogP contribution in [0.15, 0.2) is 24.3 Å². The third-order valence-corrected chi connectivity index (χ3v) is 21.7. The molecule has 0 aliphatic carbocycles. The number of ether oxygens (including phenoxy) is 2. The Kier molecular flexibility index (Phi) is 31.5. The highest BCUT2D eigenvalue weighted by atomic mass is 16.6. The van der Waals surface area contributed by atoms with E-state index in [-0.39, 0.29) is 17.7 Å². The maximum atomic E-state index is 15.6. The van der Waals surface area contributed by atoms with Gasteiger partial charge in [-0.3, -0.25) is 72.3 Å². The Balaban J connectivity index is 2.06. The highest BCUT2D eigenvalue weighted by Gasteiger charge is 2.64. The first-order chi connectivity index (χ1) is 50.0. The molecule has 0 saturated carbocycles. The van der Waals surface area contributed by atoms with Crippen LogP contribution in [-0.2, 0) is 82.2 Å². The number of amides is 12. The predicted molar refractivity (Wildman–Crippen MR) is 401 cm³/mol. The van der Waals surface area contributed by atoms with Crippen LogP contribution in [0.2, 0.25) is 0 Å². The van der Waals surface area contributed by atoms with Crippen LogP contribution in [-0.4, -0.2) is 313 Å². The quantitative estimate of drug-likeness (QED) is 0.135. The normalized spacial score (nSPS) is 27.6. The number of hydrogen-bond donors (Lipinski definition) is 6. The summed E-state index contributed by atoms with van der Waals surface area (Å²) in [5.41, 5.74) is -5.64. The number of anilines is 1. The van der Waals surface area contributed by atoms with Gasteiger partial charge in [0.1, 0.15) is 66.1 Å². The molecule has 0 aromatic heterocycles. The minimum absolute atomic E-state index is 0.103. The van der Waals surface area contributed by atoms with Crippen molar-refractivity contribution in [2.75, 3.05) is 81.6 Å². The van der Waals surface area contributed by atoms with Gasteiger partial charge in [0, 0.05) is 88.3 Å². The molecule has 1 aromatic rings. The number of fused-ring (bicyclic) bond motifs is 5. The molecular weight excluding hydrogens is 1410 g/mol. The van der Waals surface area contributed by atoms with E-state index in [0.717, 1.165) is 60.2 Å². The third-order valence-electron chi connectivity index (χ3n) is 21.7. The summed E-state index contributed by atoms with van der Waals surface area (Å²) in [6, 6.07) is -7.64. The fourth-order valence-corrected chi connectivity index (χ4v) is 15.1. The van der Waals surface area contributed by atoms with Gasteiger partial charge in [-0.15, -0.1) is 0 Å². The van der Waals surface area contributed by atoms with E-state index >= 15 is 47.9 Å². The second kappa shape index (κ2) is 37.0. The number of rotatable bonds is 15. The number of hydrogen-bond acceptors (Lipinski definition) is 21. The average Bonchev–Trinajstić information content (AvgIpc) is 1.54. The molecule has 0 bridgehead atoms. The number of para-hydroxylation sites is 1. The number of carbonyl (C=O) groups is 14. The van der Waals surface area contributed by atoms with Gasteiger partial charge in [0.2, 0.25) is 65.0 Å². The van der Waals surface area contributed by atoms with Crippen molar-refractivity contribution in [2.45, 2.75) is 247 Å². The van der Waals surface area contributed by atoms with Gasteiger partial charge < -0.3 is 84.4 Å². The molecule has 614 valence electrons. The van der Waals surface area contributed by atoms with Gasteiger partial charge in [0.05, 0.1) is 36.4 Å². The first-order valence-electron chi connectivity index (χ1n) is 37.4. The van der Waals surface area contributed by atoms with Gasteiger partial charge in [0.25, 0.3) is 12.1 Å². The van der Waals surface area contributed by atoms with E-state index in [0.29, 0.717) is 16.4 Å². The van der Waals surface area contributed by atoms with E-state index in [1.54, 1.807) is 95.2 Å². The lowest BCUT2D eigenvalue weighted by Gasteiger charge is -2.43. The van der Waals surface area contributed by atoms with E-state index in [1.165, 1.54) is 108 Å². The monoisotopic (exact) mass is 1540 g/mol. The highest BCUT2D eigenvalue weighted by molar-refractivity contribution is 6.01. The number of nitrogens with one attached hydrogen (secondary N) is 2. The van der Waals surface area contributed by atoms with Gasteiger partial charge in [-0.05, 0) is 76.2 Å². The maximum absolute atomic E-state index is 15.6.